The van der Waals surface area contributed by atoms with Gasteiger partial charge in [0.15, 0.2) is 0 Å². The van der Waals surface area contributed by atoms with Crippen molar-refractivity contribution in [3.63, 3.8) is 0 Å². The Balaban J connectivity index is 4.50. The van der Waals surface area contributed by atoms with E-state index in [1.54, 1.807) is 0 Å². The Morgan fingerprint density at radius 2 is 1.73 bits per heavy atom. The van der Waals surface area contributed by atoms with Crippen molar-refractivity contribution < 1.29 is 0 Å². The summed E-state index contributed by atoms with van der Waals surface area (Å²) in [4.78, 5) is 0. The maximum atomic E-state index is 5.47. The van der Waals surface area contributed by atoms with Gasteiger partial charge >= 0.3 is 0 Å². The van der Waals surface area contributed by atoms with Gasteiger partial charge in [-0.25, -0.2) is 0 Å². The predicted molar refractivity (Wildman–Crippen MR) is 50.4 cm³/mol. The highest BCUT2D eigenvalue weighted by atomic mass is 15.0. The number of hydrogen-bond acceptors (Lipinski definition) is 1. The first-order valence-corrected chi connectivity index (χ1v) is 4.10. The van der Waals surface area contributed by atoms with E-state index in [4.69, 9.17) is 6.42 Å². The third-order valence-corrected chi connectivity index (χ3v) is 2.32. The van der Waals surface area contributed by atoms with Crippen LogP contribution in [0, 0.1) is 17.8 Å². The molecule has 0 rings (SSSR count). The van der Waals surface area contributed by atoms with E-state index >= 15 is 0 Å². The van der Waals surface area contributed by atoms with E-state index in [0.717, 1.165) is 6.54 Å². The summed E-state index contributed by atoms with van der Waals surface area (Å²) in [6.45, 7) is 11.5. The largest absolute Gasteiger partial charge is 0.301 e. The van der Waals surface area contributed by atoms with Crippen LogP contribution in [-0.4, -0.2) is 12.1 Å². The third kappa shape index (κ3) is 2.24. The van der Waals surface area contributed by atoms with Gasteiger partial charge in [0.1, 0.15) is 0 Å². The summed E-state index contributed by atoms with van der Waals surface area (Å²) in [6.07, 6.45) is 5.47. The highest BCUT2D eigenvalue weighted by Crippen LogP contribution is 2.28. The van der Waals surface area contributed by atoms with Crippen molar-refractivity contribution in [2.45, 2.75) is 40.2 Å². The second-order valence-electron chi connectivity index (χ2n) is 4.05. The molecule has 11 heavy (non-hydrogen) atoms. The summed E-state index contributed by atoms with van der Waals surface area (Å²) in [6, 6.07) is 0. The molecule has 1 nitrogen and oxygen atoms in total. The van der Waals surface area contributed by atoms with Gasteiger partial charge in [-0.3, -0.25) is 0 Å². The SMILES string of the molecule is C#CC(C)(NCC)C(C)(C)C. The molecule has 0 fully saturated rings. The van der Waals surface area contributed by atoms with Crippen molar-refractivity contribution in [2.24, 2.45) is 5.41 Å². The lowest BCUT2D eigenvalue weighted by molar-refractivity contribution is 0.222. The van der Waals surface area contributed by atoms with E-state index in [9.17, 15) is 0 Å². The van der Waals surface area contributed by atoms with Crippen LogP contribution in [0.25, 0.3) is 0 Å². The van der Waals surface area contributed by atoms with E-state index in [-0.39, 0.29) is 11.0 Å². The van der Waals surface area contributed by atoms with E-state index in [0.29, 0.717) is 0 Å². The summed E-state index contributed by atoms with van der Waals surface area (Å²) in [5, 5.41) is 3.31. The number of nitrogens with one attached hydrogen (secondary N) is 1. The highest BCUT2D eigenvalue weighted by molar-refractivity contribution is 5.15. The zero-order chi connectivity index (χ0) is 9.12. The molecule has 0 spiro atoms. The van der Waals surface area contributed by atoms with Crippen molar-refractivity contribution in [1.29, 1.82) is 0 Å². The molecule has 1 N–H and O–H groups in total. The van der Waals surface area contributed by atoms with Crippen molar-refractivity contribution in [3.8, 4) is 12.3 Å². The average molecular weight is 153 g/mol. The molecule has 0 amide bonds. The maximum Gasteiger partial charge on any atom is 0.0818 e. The van der Waals surface area contributed by atoms with Gasteiger partial charge in [0.25, 0.3) is 0 Å². The Labute approximate surface area is 70.6 Å². The molecule has 0 heterocycles. The van der Waals surface area contributed by atoms with Gasteiger partial charge in [-0.2, -0.15) is 0 Å². The molecule has 1 unspecified atom stereocenters. The van der Waals surface area contributed by atoms with Crippen LogP contribution >= 0.6 is 0 Å². The zero-order valence-corrected chi connectivity index (χ0v) is 8.28. The molecule has 0 saturated carbocycles. The molecule has 0 aliphatic carbocycles. The minimum Gasteiger partial charge on any atom is -0.301 e. The van der Waals surface area contributed by atoms with Gasteiger partial charge in [0, 0.05) is 0 Å². The van der Waals surface area contributed by atoms with Gasteiger partial charge < -0.3 is 5.32 Å². The van der Waals surface area contributed by atoms with Crippen molar-refractivity contribution in [2.75, 3.05) is 6.54 Å². The first kappa shape index (κ1) is 10.5. The molecule has 0 aromatic rings. The fourth-order valence-corrected chi connectivity index (χ4v) is 0.886. The summed E-state index contributed by atoms with van der Waals surface area (Å²) in [5.74, 6) is 2.81. The summed E-state index contributed by atoms with van der Waals surface area (Å²) in [7, 11) is 0. The molecule has 0 aromatic heterocycles. The van der Waals surface area contributed by atoms with Crippen LogP contribution in [0.5, 0.6) is 0 Å². The maximum absolute atomic E-state index is 5.47. The molecular formula is C10H19N. The fourth-order valence-electron chi connectivity index (χ4n) is 0.886. The molecule has 0 radical (unpaired) electrons. The topological polar surface area (TPSA) is 12.0 Å². The lowest BCUT2D eigenvalue weighted by Gasteiger charge is -2.38. The minimum atomic E-state index is -0.193. The zero-order valence-electron chi connectivity index (χ0n) is 8.28. The van der Waals surface area contributed by atoms with Crippen LogP contribution in [0.3, 0.4) is 0 Å². The first-order chi connectivity index (χ1) is 4.87. The van der Waals surface area contributed by atoms with Gasteiger partial charge in [-0.1, -0.05) is 33.6 Å². The number of hydrogen-bond donors (Lipinski definition) is 1. The minimum absolute atomic E-state index is 0.109. The summed E-state index contributed by atoms with van der Waals surface area (Å²) < 4.78 is 0. The van der Waals surface area contributed by atoms with Gasteiger partial charge in [-0.15, -0.1) is 6.42 Å². The molecule has 1 atom stereocenters. The lowest BCUT2D eigenvalue weighted by atomic mass is 9.75. The molecule has 0 aromatic carbocycles. The number of rotatable bonds is 2. The Hall–Kier alpha value is -0.480. The van der Waals surface area contributed by atoms with Crippen molar-refractivity contribution >= 4 is 0 Å². The molecule has 0 saturated heterocycles. The number of terminal acetylenes is 1. The summed E-state index contributed by atoms with van der Waals surface area (Å²) in [5.41, 5.74) is -0.0838. The van der Waals surface area contributed by atoms with Gasteiger partial charge in [0.2, 0.25) is 0 Å². The second kappa shape index (κ2) is 3.28. The van der Waals surface area contributed by atoms with Crippen LogP contribution in [0.4, 0.5) is 0 Å². The Kier molecular flexibility index (Phi) is 3.13. The van der Waals surface area contributed by atoms with Crippen LogP contribution in [0.2, 0.25) is 0 Å². The molecular weight excluding hydrogens is 134 g/mol. The quantitative estimate of drug-likeness (QED) is 0.599. The molecule has 1 heteroatoms. The molecule has 0 aliphatic heterocycles. The monoisotopic (exact) mass is 153 g/mol. The Bertz CT molecular complexity index is 159. The molecule has 64 valence electrons. The van der Waals surface area contributed by atoms with E-state index in [1.807, 2.05) is 0 Å². The van der Waals surface area contributed by atoms with Gasteiger partial charge in [-0.05, 0) is 18.9 Å². The normalized spacial score (nSPS) is 17.1. The van der Waals surface area contributed by atoms with Crippen molar-refractivity contribution in [1.82, 2.24) is 5.32 Å². The average Bonchev–Trinajstić information content (AvgIpc) is 1.86. The van der Waals surface area contributed by atoms with Crippen LogP contribution in [-0.2, 0) is 0 Å². The second-order valence-corrected chi connectivity index (χ2v) is 4.05. The van der Waals surface area contributed by atoms with E-state index in [2.05, 4.69) is 45.9 Å². The van der Waals surface area contributed by atoms with Crippen LogP contribution in [0.15, 0.2) is 0 Å². The molecule has 0 bridgehead atoms. The first-order valence-electron chi connectivity index (χ1n) is 4.10. The smallest absolute Gasteiger partial charge is 0.0818 e. The lowest BCUT2D eigenvalue weighted by Crippen LogP contribution is -2.51. The van der Waals surface area contributed by atoms with E-state index in [1.165, 1.54) is 0 Å². The van der Waals surface area contributed by atoms with Crippen molar-refractivity contribution in [3.05, 3.63) is 0 Å². The van der Waals surface area contributed by atoms with Gasteiger partial charge in [0.05, 0.1) is 5.54 Å². The standard InChI is InChI=1S/C10H19N/c1-7-10(6,11-8-2)9(3,4)5/h1,11H,8H2,2-6H3. The predicted octanol–water partition coefficient (Wildman–Crippen LogP) is 2.03. The molecule has 0 aliphatic rings. The van der Waals surface area contributed by atoms with Crippen LogP contribution < -0.4 is 5.32 Å². The summed E-state index contributed by atoms with van der Waals surface area (Å²) >= 11 is 0. The van der Waals surface area contributed by atoms with Crippen LogP contribution in [0.1, 0.15) is 34.6 Å². The highest BCUT2D eigenvalue weighted by Gasteiger charge is 2.34. The van der Waals surface area contributed by atoms with E-state index < -0.39 is 0 Å². The Morgan fingerprint density at radius 3 is 1.82 bits per heavy atom. The third-order valence-electron chi connectivity index (χ3n) is 2.32. The fraction of sp³-hybridized carbons (Fsp3) is 0.800. The Morgan fingerprint density at radius 1 is 1.27 bits per heavy atom.